The zero-order valence-electron chi connectivity index (χ0n) is 14.1. The monoisotopic (exact) mass is 512 g/mol. The molecule has 3 N–H and O–H groups in total. The number of hydrogen-bond donors (Lipinski definition) is 3. The summed E-state index contributed by atoms with van der Waals surface area (Å²) in [5.74, 6) is 0.681. The second kappa shape index (κ2) is 14.5. The Kier molecular flexibility index (Phi) is 13.9. The second-order valence-electron chi connectivity index (χ2n) is 4.74. The number of nitrogens with zero attached hydrogens (tertiary/aromatic N) is 1. The average molecular weight is 513 g/mol. The van der Waals surface area contributed by atoms with Gasteiger partial charge in [0.2, 0.25) is 0 Å². The summed E-state index contributed by atoms with van der Waals surface area (Å²) in [6, 6.07) is 7.30. The number of amides is 1. The van der Waals surface area contributed by atoms with Crippen LogP contribution in [0.2, 0.25) is 0 Å². The van der Waals surface area contributed by atoms with Gasteiger partial charge in [0, 0.05) is 43.3 Å². The molecule has 0 fully saturated rings. The lowest BCUT2D eigenvalue weighted by Crippen LogP contribution is -2.40. The van der Waals surface area contributed by atoms with E-state index in [4.69, 9.17) is 4.74 Å². The number of carbonyl (C=O) groups excluding carboxylic acids is 1. The minimum absolute atomic E-state index is 0. The zero-order chi connectivity index (χ0) is 16.9. The standard InChI is InChI=1S/C16H25BrN4O2.HI/c1-3-23-12-11-21-16(18-2)20-10-4-9-19-15(22)13-5-7-14(17)8-6-13;/h5-8H,3-4,9-12H2,1-2H3,(H,19,22)(H2,18,20,21);1H. The quantitative estimate of drug-likeness (QED) is 0.205. The minimum atomic E-state index is -0.0586. The van der Waals surface area contributed by atoms with Gasteiger partial charge in [0.25, 0.3) is 5.91 Å². The third-order valence-electron chi connectivity index (χ3n) is 3.00. The van der Waals surface area contributed by atoms with E-state index < -0.39 is 0 Å². The first kappa shape index (κ1) is 23.1. The third kappa shape index (κ3) is 10.1. The van der Waals surface area contributed by atoms with Crippen LogP contribution in [0.3, 0.4) is 0 Å². The largest absolute Gasteiger partial charge is 0.380 e. The molecule has 136 valence electrons. The molecule has 0 aliphatic carbocycles. The zero-order valence-corrected chi connectivity index (χ0v) is 18.0. The number of aliphatic imine (C=N–C) groups is 1. The SMILES string of the molecule is CCOCCNC(=NC)NCCCNC(=O)c1ccc(Br)cc1.I. The van der Waals surface area contributed by atoms with E-state index in [9.17, 15) is 4.79 Å². The van der Waals surface area contributed by atoms with Gasteiger partial charge in [0.05, 0.1) is 6.61 Å². The van der Waals surface area contributed by atoms with Crippen molar-refractivity contribution < 1.29 is 9.53 Å². The lowest BCUT2D eigenvalue weighted by Gasteiger charge is -2.12. The maximum atomic E-state index is 11.9. The molecule has 1 rings (SSSR count). The van der Waals surface area contributed by atoms with Gasteiger partial charge >= 0.3 is 0 Å². The molecule has 0 unspecified atom stereocenters. The summed E-state index contributed by atoms with van der Waals surface area (Å²) in [6.07, 6.45) is 0.814. The molecule has 24 heavy (non-hydrogen) atoms. The molecule has 0 aromatic heterocycles. The van der Waals surface area contributed by atoms with Crippen LogP contribution in [0.25, 0.3) is 0 Å². The summed E-state index contributed by atoms with van der Waals surface area (Å²) in [5.41, 5.74) is 0.662. The third-order valence-corrected chi connectivity index (χ3v) is 3.53. The van der Waals surface area contributed by atoms with Gasteiger partial charge in [-0.2, -0.15) is 0 Å². The Bertz CT molecular complexity index is 497. The van der Waals surface area contributed by atoms with Gasteiger partial charge in [-0.05, 0) is 37.6 Å². The van der Waals surface area contributed by atoms with E-state index >= 15 is 0 Å². The van der Waals surface area contributed by atoms with Crippen molar-refractivity contribution in [3.8, 4) is 0 Å². The normalized spacial score (nSPS) is 10.7. The first-order chi connectivity index (χ1) is 11.2. The second-order valence-corrected chi connectivity index (χ2v) is 5.65. The van der Waals surface area contributed by atoms with Crippen molar-refractivity contribution in [3.63, 3.8) is 0 Å². The highest BCUT2D eigenvalue weighted by atomic mass is 127. The molecule has 1 amide bonds. The average Bonchev–Trinajstić information content (AvgIpc) is 2.57. The van der Waals surface area contributed by atoms with Crippen molar-refractivity contribution in [1.29, 1.82) is 0 Å². The van der Waals surface area contributed by atoms with Crippen LogP contribution in [-0.2, 0) is 4.74 Å². The van der Waals surface area contributed by atoms with Crippen molar-refractivity contribution in [1.82, 2.24) is 16.0 Å². The van der Waals surface area contributed by atoms with Gasteiger partial charge < -0.3 is 20.7 Å². The summed E-state index contributed by atoms with van der Waals surface area (Å²) in [5, 5.41) is 9.25. The molecule has 0 saturated heterocycles. The Labute approximate surface area is 169 Å². The fourth-order valence-corrected chi connectivity index (χ4v) is 2.07. The molecule has 0 aliphatic rings. The first-order valence-electron chi connectivity index (χ1n) is 7.73. The van der Waals surface area contributed by atoms with Gasteiger partial charge in [0.1, 0.15) is 0 Å². The Morgan fingerprint density at radius 3 is 2.38 bits per heavy atom. The van der Waals surface area contributed by atoms with Crippen molar-refractivity contribution in [3.05, 3.63) is 34.3 Å². The Hall–Kier alpha value is -0.870. The highest BCUT2D eigenvalue weighted by Crippen LogP contribution is 2.10. The maximum absolute atomic E-state index is 11.9. The van der Waals surface area contributed by atoms with E-state index in [-0.39, 0.29) is 29.9 Å². The summed E-state index contributed by atoms with van der Waals surface area (Å²) in [6.45, 7) is 5.39. The Morgan fingerprint density at radius 1 is 1.12 bits per heavy atom. The van der Waals surface area contributed by atoms with E-state index in [1.807, 2.05) is 19.1 Å². The Balaban J connectivity index is 0.00000529. The van der Waals surface area contributed by atoms with Crippen molar-refractivity contribution in [2.75, 3.05) is 39.9 Å². The predicted molar refractivity (Wildman–Crippen MR) is 112 cm³/mol. The number of guanidine groups is 1. The van der Waals surface area contributed by atoms with Crippen molar-refractivity contribution >= 4 is 51.8 Å². The Morgan fingerprint density at radius 2 is 1.75 bits per heavy atom. The number of rotatable bonds is 9. The minimum Gasteiger partial charge on any atom is -0.380 e. The smallest absolute Gasteiger partial charge is 0.251 e. The molecule has 0 aliphatic heterocycles. The number of benzene rings is 1. The molecular formula is C16H26BrIN4O2. The molecule has 0 atom stereocenters. The van der Waals surface area contributed by atoms with Gasteiger partial charge in [-0.15, -0.1) is 24.0 Å². The van der Waals surface area contributed by atoms with Crippen molar-refractivity contribution in [2.24, 2.45) is 4.99 Å². The van der Waals surface area contributed by atoms with E-state index in [2.05, 4.69) is 36.9 Å². The molecule has 0 radical (unpaired) electrons. The molecule has 0 spiro atoms. The predicted octanol–water partition coefficient (Wildman–Crippen LogP) is 2.39. The number of halogens is 2. The highest BCUT2D eigenvalue weighted by Gasteiger charge is 2.04. The van der Waals surface area contributed by atoms with Crippen molar-refractivity contribution in [2.45, 2.75) is 13.3 Å². The first-order valence-corrected chi connectivity index (χ1v) is 8.52. The molecular weight excluding hydrogens is 487 g/mol. The van der Waals surface area contributed by atoms with Crippen LogP contribution >= 0.6 is 39.9 Å². The lowest BCUT2D eigenvalue weighted by molar-refractivity contribution is 0.0953. The van der Waals surface area contributed by atoms with E-state index in [0.29, 0.717) is 31.9 Å². The summed E-state index contributed by atoms with van der Waals surface area (Å²) in [7, 11) is 1.73. The number of nitrogens with one attached hydrogen (secondary N) is 3. The van der Waals surface area contributed by atoms with Crippen LogP contribution in [0.1, 0.15) is 23.7 Å². The molecule has 0 bridgehead atoms. The summed E-state index contributed by atoms with van der Waals surface area (Å²) >= 11 is 3.35. The number of ether oxygens (including phenoxy) is 1. The van der Waals surface area contributed by atoms with E-state index in [0.717, 1.165) is 23.4 Å². The molecule has 1 aromatic rings. The van der Waals surface area contributed by atoms with Gasteiger partial charge in [-0.25, -0.2) is 0 Å². The molecule has 1 aromatic carbocycles. The van der Waals surface area contributed by atoms with E-state index in [1.54, 1.807) is 19.2 Å². The van der Waals surface area contributed by atoms with E-state index in [1.165, 1.54) is 0 Å². The summed E-state index contributed by atoms with van der Waals surface area (Å²) in [4.78, 5) is 16.0. The van der Waals surface area contributed by atoms with Gasteiger partial charge in [-0.1, -0.05) is 15.9 Å². The molecule has 6 nitrogen and oxygen atoms in total. The lowest BCUT2D eigenvalue weighted by atomic mass is 10.2. The number of hydrogen-bond acceptors (Lipinski definition) is 3. The molecule has 0 heterocycles. The topological polar surface area (TPSA) is 74.8 Å². The van der Waals surface area contributed by atoms with Gasteiger partial charge in [-0.3, -0.25) is 9.79 Å². The fourth-order valence-electron chi connectivity index (χ4n) is 1.81. The van der Waals surface area contributed by atoms with Crippen LogP contribution in [0.5, 0.6) is 0 Å². The van der Waals surface area contributed by atoms with Gasteiger partial charge in [0.15, 0.2) is 5.96 Å². The fraction of sp³-hybridized carbons (Fsp3) is 0.500. The maximum Gasteiger partial charge on any atom is 0.251 e. The van der Waals surface area contributed by atoms with Crippen LogP contribution in [-0.4, -0.2) is 51.8 Å². The molecule has 0 saturated carbocycles. The summed E-state index contributed by atoms with van der Waals surface area (Å²) < 4.78 is 6.21. The molecule has 8 heteroatoms. The highest BCUT2D eigenvalue weighted by molar-refractivity contribution is 14.0. The number of carbonyl (C=O) groups is 1. The van der Waals surface area contributed by atoms with Crippen LogP contribution in [0, 0.1) is 0 Å². The van der Waals surface area contributed by atoms with Crippen LogP contribution in [0.15, 0.2) is 33.7 Å². The van der Waals surface area contributed by atoms with Crippen LogP contribution in [0.4, 0.5) is 0 Å². The van der Waals surface area contributed by atoms with Crippen LogP contribution < -0.4 is 16.0 Å².